The summed E-state index contributed by atoms with van der Waals surface area (Å²) in [6, 6.07) is 11.9. The molecule has 0 amide bonds. The van der Waals surface area contributed by atoms with Gasteiger partial charge in [-0.2, -0.15) is 0 Å². The molecule has 6 nitrogen and oxygen atoms in total. The molecule has 2 aromatic carbocycles. The number of nitrogens with one attached hydrogen (secondary N) is 1. The lowest BCUT2D eigenvalue weighted by molar-refractivity contribution is 0.350. The summed E-state index contributed by atoms with van der Waals surface area (Å²) in [7, 11) is 0. The fourth-order valence-electron chi connectivity index (χ4n) is 3.60. The topological polar surface area (TPSA) is 67.6 Å². The average molecular weight is 455 g/mol. The van der Waals surface area contributed by atoms with Crippen LogP contribution in [0.15, 0.2) is 87.5 Å². The zero-order valence-corrected chi connectivity index (χ0v) is 19.9. The van der Waals surface area contributed by atoms with Crippen molar-refractivity contribution >= 4 is 18.3 Å². The molecule has 0 saturated heterocycles. The lowest BCUT2D eigenvalue weighted by Gasteiger charge is -2.20. The van der Waals surface area contributed by atoms with Crippen molar-refractivity contribution in [2.75, 3.05) is 13.2 Å². The van der Waals surface area contributed by atoms with E-state index in [4.69, 9.17) is 14.5 Å². The summed E-state index contributed by atoms with van der Waals surface area (Å²) in [6.07, 6.45) is 14.1. The van der Waals surface area contributed by atoms with Crippen LogP contribution in [0.1, 0.15) is 30.0 Å². The Morgan fingerprint density at radius 2 is 2.00 bits per heavy atom. The first kappa shape index (κ1) is 23.2. The van der Waals surface area contributed by atoms with Crippen molar-refractivity contribution in [3.63, 3.8) is 0 Å². The maximum atomic E-state index is 6.30. The molecule has 0 aromatic heterocycles. The highest BCUT2D eigenvalue weighted by Gasteiger charge is 2.17. The smallest absolute Gasteiger partial charge is 0.131 e. The lowest BCUT2D eigenvalue weighted by Crippen LogP contribution is -2.32. The van der Waals surface area contributed by atoms with Crippen molar-refractivity contribution in [3.8, 4) is 17.2 Å². The highest BCUT2D eigenvalue weighted by molar-refractivity contribution is 6.01. The predicted octanol–water partition coefficient (Wildman–Crippen LogP) is 5.71. The molecular weight excluding hydrogens is 424 g/mol. The molecule has 1 atom stereocenters. The maximum absolute atomic E-state index is 6.30. The van der Waals surface area contributed by atoms with Gasteiger partial charge >= 0.3 is 0 Å². The van der Waals surface area contributed by atoms with Crippen LogP contribution in [-0.4, -0.2) is 37.6 Å². The Morgan fingerprint density at radius 1 is 1.12 bits per heavy atom. The summed E-state index contributed by atoms with van der Waals surface area (Å²) in [5.74, 6) is 3.00. The Morgan fingerprint density at radius 3 is 2.88 bits per heavy atom. The van der Waals surface area contributed by atoms with E-state index in [-0.39, 0.29) is 6.17 Å². The number of allylic oxidation sites excluding steroid dienone is 2. The largest absolute Gasteiger partial charge is 0.488 e. The first-order chi connectivity index (χ1) is 16.6. The molecule has 2 aliphatic rings. The van der Waals surface area contributed by atoms with E-state index >= 15 is 0 Å². The average Bonchev–Trinajstić information content (AvgIpc) is 3.05. The number of benzene rings is 2. The maximum Gasteiger partial charge on any atom is 0.131 e. The van der Waals surface area contributed by atoms with Gasteiger partial charge < -0.3 is 14.8 Å². The van der Waals surface area contributed by atoms with Crippen LogP contribution < -0.4 is 14.8 Å². The Balaban J connectivity index is 1.70. The molecule has 0 saturated carbocycles. The van der Waals surface area contributed by atoms with Gasteiger partial charge in [0.1, 0.15) is 35.9 Å². The van der Waals surface area contributed by atoms with Crippen LogP contribution in [0.2, 0.25) is 0 Å². The molecule has 0 fully saturated rings. The minimum absolute atomic E-state index is 0.118. The number of para-hydroxylation sites is 1. The molecule has 0 aliphatic carbocycles. The van der Waals surface area contributed by atoms with Gasteiger partial charge in [-0.1, -0.05) is 30.4 Å². The van der Waals surface area contributed by atoms with E-state index in [1.165, 1.54) is 0 Å². The Hall–Kier alpha value is -3.93. The van der Waals surface area contributed by atoms with E-state index in [1.54, 1.807) is 12.4 Å². The second-order valence-electron chi connectivity index (χ2n) is 8.15. The minimum atomic E-state index is -0.118. The summed E-state index contributed by atoms with van der Waals surface area (Å²) in [5.41, 5.74) is 4.05. The second-order valence-corrected chi connectivity index (χ2v) is 8.15. The number of rotatable bonds is 6. The summed E-state index contributed by atoms with van der Waals surface area (Å²) < 4.78 is 12.6. The van der Waals surface area contributed by atoms with Crippen molar-refractivity contribution < 1.29 is 9.47 Å². The minimum Gasteiger partial charge on any atom is -0.488 e. The monoisotopic (exact) mass is 454 g/mol. The third-order valence-electron chi connectivity index (χ3n) is 5.50. The van der Waals surface area contributed by atoms with Crippen LogP contribution in [0.5, 0.6) is 17.2 Å². The molecule has 0 bridgehead atoms. The molecule has 174 valence electrons. The number of nitrogens with zero attached hydrogens (tertiary/aromatic N) is 3. The van der Waals surface area contributed by atoms with Gasteiger partial charge in [-0.3, -0.25) is 15.0 Å². The zero-order chi connectivity index (χ0) is 23.8. The van der Waals surface area contributed by atoms with E-state index in [2.05, 4.69) is 21.4 Å². The van der Waals surface area contributed by atoms with Gasteiger partial charge in [-0.15, -0.1) is 0 Å². The Labute approximate surface area is 201 Å². The van der Waals surface area contributed by atoms with Gasteiger partial charge in [0.2, 0.25) is 0 Å². The summed E-state index contributed by atoms with van der Waals surface area (Å²) in [4.78, 5) is 13.5. The first-order valence-corrected chi connectivity index (χ1v) is 11.5. The number of amidine groups is 1. The van der Waals surface area contributed by atoms with Crippen LogP contribution in [-0.2, 0) is 0 Å². The molecule has 2 aromatic rings. The van der Waals surface area contributed by atoms with Gasteiger partial charge in [-0.05, 0) is 56.2 Å². The van der Waals surface area contributed by atoms with Gasteiger partial charge in [-0.25, -0.2) is 0 Å². The van der Waals surface area contributed by atoms with E-state index in [9.17, 15) is 0 Å². The highest BCUT2D eigenvalue weighted by Crippen LogP contribution is 2.33. The van der Waals surface area contributed by atoms with E-state index in [0.717, 1.165) is 46.0 Å². The van der Waals surface area contributed by atoms with Crippen molar-refractivity contribution in [1.82, 2.24) is 5.32 Å². The van der Waals surface area contributed by atoms with Gasteiger partial charge in [0.15, 0.2) is 0 Å². The summed E-state index contributed by atoms with van der Waals surface area (Å²) in [5, 5.41) is 3.42. The van der Waals surface area contributed by atoms with Crippen LogP contribution in [0.4, 0.5) is 0 Å². The van der Waals surface area contributed by atoms with Crippen LogP contribution >= 0.6 is 0 Å². The predicted molar refractivity (Wildman–Crippen MR) is 140 cm³/mol. The third kappa shape index (κ3) is 6.10. The normalized spacial score (nSPS) is 19.4. The van der Waals surface area contributed by atoms with Crippen molar-refractivity contribution in [3.05, 3.63) is 89.2 Å². The van der Waals surface area contributed by atoms with Gasteiger partial charge in [0.25, 0.3) is 0 Å². The fraction of sp³-hybridized carbons (Fsp3) is 0.250. The molecule has 2 aliphatic heterocycles. The molecular formula is C28H30N4O2. The fourth-order valence-corrected chi connectivity index (χ4v) is 3.60. The summed E-state index contributed by atoms with van der Waals surface area (Å²) >= 11 is 0. The number of aliphatic imine (C=N–C) groups is 3. The second kappa shape index (κ2) is 11.3. The number of hydrogen-bond donors (Lipinski definition) is 1. The van der Waals surface area contributed by atoms with Crippen LogP contribution in [0, 0.1) is 13.8 Å². The molecule has 0 spiro atoms. The molecule has 0 radical (unpaired) electrons. The SMILES string of the molecule is Cc1ccccc1Oc1cc(OCC2=CCC=NC=C2)c(C)c(C2=NC/C=C\C=N/C(C)N2)c1. The third-order valence-corrected chi connectivity index (χ3v) is 5.50. The Kier molecular flexibility index (Phi) is 7.71. The summed E-state index contributed by atoms with van der Waals surface area (Å²) in [6.45, 7) is 7.07. The molecule has 6 heteroatoms. The first-order valence-electron chi connectivity index (χ1n) is 11.5. The molecule has 1 N–H and O–H groups in total. The highest BCUT2D eigenvalue weighted by atomic mass is 16.5. The van der Waals surface area contributed by atoms with E-state index in [0.29, 0.717) is 18.9 Å². The van der Waals surface area contributed by atoms with Crippen LogP contribution in [0.3, 0.4) is 0 Å². The number of aryl methyl sites for hydroxylation is 1. The van der Waals surface area contributed by atoms with Crippen molar-refractivity contribution in [2.45, 2.75) is 33.4 Å². The van der Waals surface area contributed by atoms with Gasteiger partial charge in [0, 0.05) is 42.2 Å². The molecule has 34 heavy (non-hydrogen) atoms. The zero-order valence-electron chi connectivity index (χ0n) is 19.9. The molecule has 4 rings (SSSR count). The van der Waals surface area contributed by atoms with Gasteiger partial charge in [0.05, 0.1) is 6.54 Å². The van der Waals surface area contributed by atoms with E-state index < -0.39 is 0 Å². The quantitative estimate of drug-likeness (QED) is 0.608. The number of ether oxygens (including phenoxy) is 2. The lowest BCUT2D eigenvalue weighted by atomic mass is 10.1. The Bertz CT molecular complexity index is 1200. The standard InChI is InChI=1S/C28H30N4O2/c1-20-9-4-5-11-26(20)34-24-17-25(28-31-15-7-6-14-30-22(3)32-28)21(2)27(18-24)33-19-23-10-8-13-29-16-12-23/h4-7,9-14,16-18,22H,8,15,19H2,1-3H3,(H,31,32)/b7-6-,30-14-. The number of hydrogen-bond acceptors (Lipinski definition) is 6. The van der Waals surface area contributed by atoms with E-state index in [1.807, 2.05) is 81.6 Å². The van der Waals surface area contributed by atoms with Crippen molar-refractivity contribution in [2.24, 2.45) is 15.0 Å². The van der Waals surface area contributed by atoms with Crippen LogP contribution in [0.25, 0.3) is 0 Å². The van der Waals surface area contributed by atoms with Crippen molar-refractivity contribution in [1.29, 1.82) is 0 Å². The molecule has 2 heterocycles. The molecule has 1 unspecified atom stereocenters.